The van der Waals surface area contributed by atoms with Crippen molar-refractivity contribution in [2.24, 2.45) is 5.73 Å². The minimum absolute atomic E-state index is 0. The van der Waals surface area contributed by atoms with Crippen molar-refractivity contribution in [1.29, 1.82) is 0 Å². The van der Waals surface area contributed by atoms with E-state index in [9.17, 15) is 4.79 Å². The Bertz CT molecular complexity index is 400. The lowest BCUT2D eigenvalue weighted by Crippen LogP contribution is -3.00. The number of amides is 1. The van der Waals surface area contributed by atoms with Gasteiger partial charge >= 0.3 is 0 Å². The SMILES string of the molecule is CCCCCCCCCOC[n+]1cccc(C(N)=O)c1.[Cl-]. The number of unbranched alkanes of at least 4 members (excludes halogenated alkanes) is 6. The molecule has 0 aliphatic carbocycles. The molecule has 0 bridgehead atoms. The highest BCUT2D eigenvalue weighted by atomic mass is 35.5. The maximum Gasteiger partial charge on any atom is 0.254 e. The van der Waals surface area contributed by atoms with Gasteiger partial charge in [0.15, 0.2) is 12.4 Å². The highest BCUT2D eigenvalue weighted by Gasteiger charge is 2.06. The van der Waals surface area contributed by atoms with Crippen molar-refractivity contribution in [3.05, 3.63) is 30.1 Å². The Kier molecular flexibility index (Phi) is 11.9. The number of hydrogen-bond donors (Lipinski definition) is 1. The molecule has 0 aliphatic rings. The molecule has 0 saturated carbocycles. The fraction of sp³-hybridized carbons (Fsp3) is 0.625. The van der Waals surface area contributed by atoms with Crippen LogP contribution in [0.25, 0.3) is 0 Å². The first-order chi connectivity index (χ1) is 9.74. The second kappa shape index (κ2) is 12.6. The maximum atomic E-state index is 11.0. The summed E-state index contributed by atoms with van der Waals surface area (Å²) in [7, 11) is 0. The van der Waals surface area contributed by atoms with E-state index in [4.69, 9.17) is 10.5 Å². The van der Waals surface area contributed by atoms with Gasteiger partial charge in [-0.25, -0.2) is 0 Å². The first-order valence-corrected chi connectivity index (χ1v) is 7.60. The highest BCUT2D eigenvalue weighted by Crippen LogP contribution is 2.06. The molecule has 120 valence electrons. The molecule has 0 radical (unpaired) electrons. The second-order valence-electron chi connectivity index (χ2n) is 5.13. The molecule has 21 heavy (non-hydrogen) atoms. The van der Waals surface area contributed by atoms with Gasteiger partial charge in [0.2, 0.25) is 0 Å². The number of nitrogens with zero attached hydrogens (tertiary/aromatic N) is 1. The Morgan fingerprint density at radius 3 is 2.52 bits per heavy atom. The number of rotatable bonds is 11. The summed E-state index contributed by atoms with van der Waals surface area (Å²) in [6.07, 6.45) is 12.6. The minimum atomic E-state index is -0.411. The molecule has 0 fully saturated rings. The van der Waals surface area contributed by atoms with Crippen molar-refractivity contribution in [1.82, 2.24) is 0 Å². The molecule has 0 saturated heterocycles. The molecular weight excluding hydrogens is 288 g/mol. The zero-order valence-corrected chi connectivity index (χ0v) is 13.6. The first kappa shape index (κ1) is 19.9. The van der Waals surface area contributed by atoms with Crippen LogP contribution in [0.1, 0.15) is 62.2 Å². The number of nitrogens with two attached hydrogens (primary N) is 1. The molecule has 0 aliphatic heterocycles. The Morgan fingerprint density at radius 2 is 1.86 bits per heavy atom. The molecule has 0 unspecified atom stereocenters. The van der Waals surface area contributed by atoms with Gasteiger partial charge in [0, 0.05) is 6.07 Å². The minimum Gasteiger partial charge on any atom is -1.00 e. The first-order valence-electron chi connectivity index (χ1n) is 7.60. The molecule has 5 heteroatoms. The maximum absolute atomic E-state index is 11.0. The normalized spacial score (nSPS) is 10.1. The van der Waals surface area contributed by atoms with E-state index in [2.05, 4.69) is 6.92 Å². The van der Waals surface area contributed by atoms with E-state index in [1.165, 1.54) is 38.5 Å². The predicted molar refractivity (Wildman–Crippen MR) is 79.1 cm³/mol. The molecule has 1 heterocycles. The molecule has 0 aromatic carbocycles. The van der Waals surface area contributed by atoms with E-state index >= 15 is 0 Å². The standard InChI is InChI=1S/C16H26N2O2.ClH/c1-2-3-4-5-6-7-8-12-20-14-18-11-9-10-15(13-18)16(17)19;/h9-11,13H,2-8,12,14H2,1H3,(H-,17,19);1H. The zero-order chi connectivity index (χ0) is 14.6. The molecular formula is C16H27ClN2O2. The number of primary amides is 1. The highest BCUT2D eigenvalue weighted by molar-refractivity contribution is 5.92. The van der Waals surface area contributed by atoms with Crippen LogP contribution in [0.3, 0.4) is 0 Å². The Morgan fingerprint density at radius 1 is 1.19 bits per heavy atom. The van der Waals surface area contributed by atoms with E-state index in [1.54, 1.807) is 18.3 Å². The molecule has 1 aromatic rings. The topological polar surface area (TPSA) is 56.2 Å². The lowest BCUT2D eigenvalue weighted by molar-refractivity contribution is -0.732. The lowest BCUT2D eigenvalue weighted by Gasteiger charge is -2.02. The van der Waals surface area contributed by atoms with Crippen LogP contribution in [-0.4, -0.2) is 12.5 Å². The quantitative estimate of drug-likeness (QED) is 0.454. The summed E-state index contributed by atoms with van der Waals surface area (Å²) in [5.74, 6) is -0.411. The van der Waals surface area contributed by atoms with Gasteiger partial charge in [0.05, 0.1) is 6.61 Å². The Balaban J connectivity index is 0.00000400. The van der Waals surface area contributed by atoms with Crippen molar-refractivity contribution in [3.63, 3.8) is 0 Å². The van der Waals surface area contributed by atoms with Crippen molar-refractivity contribution in [2.45, 2.75) is 58.6 Å². The number of aromatic nitrogens is 1. The van der Waals surface area contributed by atoms with Gasteiger partial charge in [-0.05, 0) is 12.5 Å². The number of carbonyl (C=O) groups excluding carboxylic acids is 1. The van der Waals surface area contributed by atoms with E-state index in [1.807, 2.05) is 10.8 Å². The fourth-order valence-corrected chi connectivity index (χ4v) is 2.08. The Hall–Kier alpha value is -1.13. The van der Waals surface area contributed by atoms with Crippen LogP contribution < -0.4 is 22.7 Å². The Labute approximate surface area is 134 Å². The summed E-state index contributed by atoms with van der Waals surface area (Å²) in [5.41, 5.74) is 5.74. The van der Waals surface area contributed by atoms with Crippen LogP contribution in [0.5, 0.6) is 0 Å². The summed E-state index contributed by atoms with van der Waals surface area (Å²) in [4.78, 5) is 11.0. The van der Waals surface area contributed by atoms with Crippen molar-refractivity contribution < 1.29 is 26.5 Å². The summed E-state index contributed by atoms with van der Waals surface area (Å²) >= 11 is 0. The van der Waals surface area contributed by atoms with Gasteiger partial charge in [0.25, 0.3) is 12.6 Å². The van der Waals surface area contributed by atoms with Gasteiger partial charge in [-0.15, -0.1) is 0 Å². The number of ether oxygens (including phenoxy) is 1. The second-order valence-corrected chi connectivity index (χ2v) is 5.13. The van der Waals surface area contributed by atoms with Gasteiger partial charge in [0.1, 0.15) is 5.56 Å². The number of hydrogen-bond acceptors (Lipinski definition) is 2. The molecule has 0 atom stereocenters. The van der Waals surface area contributed by atoms with Crippen LogP contribution in [0.2, 0.25) is 0 Å². The van der Waals surface area contributed by atoms with Crippen LogP contribution in [0.15, 0.2) is 24.5 Å². The average molecular weight is 315 g/mol. The van der Waals surface area contributed by atoms with E-state index < -0.39 is 5.91 Å². The molecule has 1 aromatic heterocycles. The van der Waals surface area contributed by atoms with Crippen LogP contribution in [0.4, 0.5) is 0 Å². The smallest absolute Gasteiger partial charge is 0.254 e. The average Bonchev–Trinajstić information content (AvgIpc) is 2.46. The van der Waals surface area contributed by atoms with Crippen LogP contribution >= 0.6 is 0 Å². The fourth-order valence-electron chi connectivity index (χ4n) is 2.08. The summed E-state index contributed by atoms with van der Waals surface area (Å²) in [5, 5.41) is 0. The number of carbonyl (C=O) groups is 1. The monoisotopic (exact) mass is 314 g/mol. The van der Waals surface area contributed by atoms with Gasteiger partial charge < -0.3 is 22.9 Å². The van der Waals surface area contributed by atoms with Gasteiger partial charge in [-0.2, -0.15) is 4.57 Å². The molecule has 0 spiro atoms. The van der Waals surface area contributed by atoms with E-state index in [-0.39, 0.29) is 12.4 Å². The zero-order valence-electron chi connectivity index (χ0n) is 12.9. The molecule has 4 nitrogen and oxygen atoms in total. The lowest BCUT2D eigenvalue weighted by atomic mass is 10.1. The molecule has 1 rings (SSSR count). The van der Waals surface area contributed by atoms with Crippen molar-refractivity contribution >= 4 is 5.91 Å². The third-order valence-electron chi connectivity index (χ3n) is 3.28. The third kappa shape index (κ3) is 9.43. The largest absolute Gasteiger partial charge is 1.00 e. The summed E-state index contributed by atoms with van der Waals surface area (Å²) < 4.78 is 7.43. The molecule has 1 amide bonds. The summed E-state index contributed by atoms with van der Waals surface area (Å²) in [6.45, 7) is 3.47. The van der Waals surface area contributed by atoms with E-state index in [0.29, 0.717) is 12.3 Å². The van der Waals surface area contributed by atoms with Gasteiger partial charge in [-0.3, -0.25) is 4.79 Å². The van der Waals surface area contributed by atoms with Crippen molar-refractivity contribution in [2.75, 3.05) is 6.61 Å². The molecule has 2 N–H and O–H groups in total. The third-order valence-corrected chi connectivity index (χ3v) is 3.28. The van der Waals surface area contributed by atoms with Gasteiger partial charge in [-0.1, -0.05) is 45.4 Å². The number of pyridine rings is 1. The number of halogens is 1. The van der Waals surface area contributed by atoms with Crippen molar-refractivity contribution in [3.8, 4) is 0 Å². The van der Waals surface area contributed by atoms with Crippen LogP contribution in [0, 0.1) is 0 Å². The van der Waals surface area contributed by atoms with Crippen LogP contribution in [-0.2, 0) is 11.5 Å². The summed E-state index contributed by atoms with van der Waals surface area (Å²) in [6, 6.07) is 3.51. The van der Waals surface area contributed by atoms with E-state index in [0.717, 1.165) is 13.0 Å². The predicted octanol–water partition coefficient (Wildman–Crippen LogP) is -0.198.